The van der Waals surface area contributed by atoms with Gasteiger partial charge in [0.15, 0.2) is 0 Å². The number of esters is 2. The molecule has 140 valence electrons. The quantitative estimate of drug-likeness (QED) is 0.349. The Morgan fingerprint density at radius 1 is 0.840 bits per heavy atom. The molecule has 0 saturated heterocycles. The van der Waals surface area contributed by atoms with Crippen molar-refractivity contribution in [2.45, 2.75) is 12.5 Å². The molecule has 0 N–H and O–H groups in total. The summed E-state index contributed by atoms with van der Waals surface area (Å²) in [4.78, 5) is 23.5. The van der Waals surface area contributed by atoms with Crippen LogP contribution in [0.4, 0.5) is 0 Å². The number of carbonyl (C=O) groups excluding carboxylic acids is 2. The molecule has 0 bridgehead atoms. The fourth-order valence-electron chi connectivity index (χ4n) is 2.19. The Hall–Kier alpha value is -1.94. The molecule has 0 saturated carbocycles. The van der Waals surface area contributed by atoms with Crippen molar-refractivity contribution in [2.24, 2.45) is 0 Å². The Bertz CT molecular complexity index is 543. The highest BCUT2D eigenvalue weighted by Crippen LogP contribution is 2.20. The van der Waals surface area contributed by atoms with Gasteiger partial charge in [-0.2, -0.15) is 0 Å². The molecule has 1 rings (SSSR count). The van der Waals surface area contributed by atoms with Crippen LogP contribution in [0.2, 0.25) is 6.04 Å². The summed E-state index contributed by atoms with van der Waals surface area (Å²) in [6.07, 6.45) is 0.609. The van der Waals surface area contributed by atoms with Crippen molar-refractivity contribution in [1.82, 2.24) is 0 Å². The second-order valence-corrected chi connectivity index (χ2v) is 8.07. The Morgan fingerprint density at radius 3 is 1.72 bits per heavy atom. The minimum absolute atomic E-state index is 0.204. The summed E-state index contributed by atoms with van der Waals surface area (Å²) in [6, 6.07) is 4.97. The maximum Gasteiger partial charge on any atom is 0.500 e. The van der Waals surface area contributed by atoms with E-state index < -0.39 is 20.7 Å². The van der Waals surface area contributed by atoms with Crippen LogP contribution in [-0.4, -0.2) is 62.9 Å². The fourth-order valence-corrected chi connectivity index (χ4v) is 3.88. The van der Waals surface area contributed by atoms with Crippen LogP contribution in [0.5, 0.6) is 5.75 Å². The third-order valence-corrected chi connectivity index (χ3v) is 6.41. The molecule has 0 aliphatic rings. The summed E-state index contributed by atoms with van der Waals surface area (Å²) in [5, 5.41) is 0. The molecule has 9 heteroatoms. The molecule has 1 aromatic rings. The van der Waals surface area contributed by atoms with E-state index in [9.17, 15) is 9.59 Å². The third-order valence-electron chi connectivity index (χ3n) is 3.58. The highest BCUT2D eigenvalue weighted by molar-refractivity contribution is 6.60. The van der Waals surface area contributed by atoms with Crippen molar-refractivity contribution in [2.75, 3.05) is 42.2 Å². The monoisotopic (exact) mass is 372 g/mol. The molecule has 0 spiro atoms. The predicted octanol–water partition coefficient (Wildman–Crippen LogP) is 1.91. The zero-order valence-electron chi connectivity index (χ0n) is 15.1. The lowest BCUT2D eigenvalue weighted by Crippen LogP contribution is -2.42. The molecule has 0 fully saturated rings. The van der Waals surface area contributed by atoms with Gasteiger partial charge in [0.2, 0.25) is 0 Å². The molecule has 0 aromatic heterocycles. The third kappa shape index (κ3) is 5.82. The van der Waals surface area contributed by atoms with Crippen LogP contribution in [0.3, 0.4) is 0 Å². The summed E-state index contributed by atoms with van der Waals surface area (Å²) in [5.74, 6) is -0.775. The molecule has 8 nitrogen and oxygen atoms in total. The van der Waals surface area contributed by atoms with E-state index in [1.807, 2.05) is 0 Å². The first kappa shape index (κ1) is 21.1. The number of hydrogen-bond acceptors (Lipinski definition) is 8. The number of benzene rings is 1. The number of ether oxygens (including phenoxy) is 3. The first-order valence-corrected chi connectivity index (χ1v) is 9.48. The van der Waals surface area contributed by atoms with E-state index in [1.165, 1.54) is 32.4 Å². The second-order valence-electron chi connectivity index (χ2n) is 4.98. The van der Waals surface area contributed by atoms with Gasteiger partial charge in [0.1, 0.15) is 5.75 Å². The first-order valence-electron chi connectivity index (χ1n) is 7.55. The zero-order chi connectivity index (χ0) is 18.9. The number of methoxy groups -OCH3 is 2. The van der Waals surface area contributed by atoms with E-state index in [-0.39, 0.29) is 11.1 Å². The highest BCUT2D eigenvalue weighted by Gasteiger charge is 2.36. The molecule has 0 amide bonds. The van der Waals surface area contributed by atoms with Crippen molar-refractivity contribution < 1.29 is 37.1 Å². The van der Waals surface area contributed by atoms with Crippen LogP contribution < -0.4 is 4.74 Å². The number of carbonyl (C=O) groups is 2. The molecule has 0 atom stereocenters. The van der Waals surface area contributed by atoms with Gasteiger partial charge in [-0.15, -0.1) is 0 Å². The van der Waals surface area contributed by atoms with Gasteiger partial charge in [-0.1, -0.05) is 0 Å². The molecule has 0 unspecified atom stereocenters. The topological polar surface area (TPSA) is 89.5 Å². The molecule has 0 aliphatic carbocycles. The zero-order valence-corrected chi connectivity index (χ0v) is 16.1. The lowest BCUT2D eigenvalue weighted by Gasteiger charge is -2.24. The molecule has 0 aliphatic heterocycles. The maximum atomic E-state index is 11.7. The standard InChI is InChI=1S/C16H24O8Si/c1-19-15(17)12-9-13(16(18)20-2)11-14(10-12)24-7-6-8-25(21-3,22-4)23-5/h9-11H,6-8H2,1-5H3. The van der Waals surface area contributed by atoms with Crippen LogP contribution >= 0.6 is 0 Å². The van der Waals surface area contributed by atoms with E-state index in [0.29, 0.717) is 24.8 Å². The van der Waals surface area contributed by atoms with Gasteiger partial charge in [-0.3, -0.25) is 0 Å². The fraction of sp³-hybridized carbons (Fsp3) is 0.500. The van der Waals surface area contributed by atoms with E-state index in [4.69, 9.17) is 18.0 Å². The van der Waals surface area contributed by atoms with E-state index in [2.05, 4.69) is 9.47 Å². The summed E-state index contributed by atoms with van der Waals surface area (Å²) in [5.41, 5.74) is 0.407. The van der Waals surface area contributed by atoms with Gasteiger partial charge >= 0.3 is 20.7 Å². The van der Waals surface area contributed by atoms with Crippen molar-refractivity contribution in [3.8, 4) is 5.75 Å². The van der Waals surface area contributed by atoms with Gasteiger partial charge in [0.25, 0.3) is 0 Å². The van der Waals surface area contributed by atoms with Crippen molar-refractivity contribution in [3.63, 3.8) is 0 Å². The minimum Gasteiger partial charge on any atom is -0.494 e. The van der Waals surface area contributed by atoms with Crippen LogP contribution in [0.1, 0.15) is 27.1 Å². The molecular weight excluding hydrogens is 348 g/mol. The van der Waals surface area contributed by atoms with Gasteiger partial charge < -0.3 is 27.5 Å². The van der Waals surface area contributed by atoms with Crippen molar-refractivity contribution >= 4 is 20.7 Å². The van der Waals surface area contributed by atoms with E-state index in [0.717, 1.165) is 0 Å². The van der Waals surface area contributed by atoms with Gasteiger partial charge in [0, 0.05) is 27.4 Å². The maximum absolute atomic E-state index is 11.7. The number of hydrogen-bond donors (Lipinski definition) is 0. The summed E-state index contributed by atoms with van der Waals surface area (Å²) in [7, 11) is 4.50. The SMILES string of the molecule is COC(=O)c1cc(OCCC[Si](OC)(OC)OC)cc(C(=O)OC)c1. The van der Waals surface area contributed by atoms with Crippen LogP contribution in [0.15, 0.2) is 18.2 Å². The largest absolute Gasteiger partial charge is 0.500 e. The Morgan fingerprint density at radius 2 is 1.32 bits per heavy atom. The van der Waals surface area contributed by atoms with Crippen LogP contribution in [0.25, 0.3) is 0 Å². The highest BCUT2D eigenvalue weighted by atomic mass is 28.4. The van der Waals surface area contributed by atoms with Gasteiger partial charge in [-0.05, 0) is 24.6 Å². The number of rotatable bonds is 10. The lowest BCUT2D eigenvalue weighted by molar-refractivity contribution is 0.0598. The Balaban J connectivity index is 2.80. The summed E-state index contributed by atoms with van der Waals surface area (Å²) >= 11 is 0. The first-order chi connectivity index (χ1) is 11.9. The molecule has 0 heterocycles. The normalized spacial score (nSPS) is 11.1. The van der Waals surface area contributed by atoms with Crippen LogP contribution in [-0.2, 0) is 22.8 Å². The predicted molar refractivity (Wildman–Crippen MR) is 90.8 cm³/mol. The second kappa shape index (κ2) is 10.1. The molecule has 0 radical (unpaired) electrons. The average molecular weight is 372 g/mol. The molecular formula is C16H24O8Si. The summed E-state index contributed by atoms with van der Waals surface area (Å²) in [6.45, 7) is 0.329. The lowest BCUT2D eigenvalue weighted by atomic mass is 10.1. The Kier molecular flexibility index (Phi) is 8.56. The smallest absolute Gasteiger partial charge is 0.494 e. The van der Waals surface area contributed by atoms with E-state index in [1.54, 1.807) is 21.3 Å². The molecule has 25 heavy (non-hydrogen) atoms. The van der Waals surface area contributed by atoms with Gasteiger partial charge in [-0.25, -0.2) is 9.59 Å². The van der Waals surface area contributed by atoms with E-state index >= 15 is 0 Å². The van der Waals surface area contributed by atoms with Gasteiger partial charge in [0.05, 0.1) is 32.0 Å². The van der Waals surface area contributed by atoms with Crippen LogP contribution in [0, 0.1) is 0 Å². The minimum atomic E-state index is -2.65. The summed E-state index contributed by atoms with van der Waals surface area (Å²) < 4.78 is 31.0. The Labute approximate surface area is 148 Å². The average Bonchev–Trinajstić information content (AvgIpc) is 2.67. The van der Waals surface area contributed by atoms with Crippen molar-refractivity contribution in [1.29, 1.82) is 0 Å². The van der Waals surface area contributed by atoms with Crippen molar-refractivity contribution in [3.05, 3.63) is 29.3 Å². The molecule has 1 aromatic carbocycles.